The fourth-order valence-corrected chi connectivity index (χ4v) is 2.56. The summed E-state index contributed by atoms with van der Waals surface area (Å²) in [5, 5.41) is 2.82. The highest BCUT2D eigenvalue weighted by atomic mass is 16.6. The fourth-order valence-electron chi connectivity index (χ4n) is 2.56. The van der Waals surface area contributed by atoms with E-state index < -0.39 is 17.7 Å². The second-order valence-electron chi connectivity index (χ2n) is 6.87. The second kappa shape index (κ2) is 7.23. The number of hydrogen-bond donors (Lipinski definition) is 2. The number of nitrogens with one attached hydrogen (secondary N) is 1. The molecule has 1 saturated heterocycles. The van der Waals surface area contributed by atoms with Crippen LogP contribution in [0, 0.1) is 5.92 Å². The number of Topliss-reactive ketones (excluding diaryl/α,β-unsaturated/α-hetero) is 1. The van der Waals surface area contributed by atoms with Gasteiger partial charge in [-0.1, -0.05) is 44.2 Å². The van der Waals surface area contributed by atoms with Gasteiger partial charge in [-0.15, -0.1) is 0 Å². The average Bonchev–Trinajstić information content (AvgIpc) is 3.25. The largest absolute Gasteiger partial charge is 0.361 e. The minimum Gasteiger partial charge on any atom is -0.361 e. The van der Waals surface area contributed by atoms with Crippen LogP contribution in [0.3, 0.4) is 0 Å². The molecule has 1 heterocycles. The summed E-state index contributed by atoms with van der Waals surface area (Å²) in [5.74, 6) is -0.0690. The first kappa shape index (κ1) is 17.6. The van der Waals surface area contributed by atoms with Gasteiger partial charge in [-0.05, 0) is 31.2 Å². The van der Waals surface area contributed by atoms with Crippen LogP contribution in [-0.2, 0) is 20.7 Å². The van der Waals surface area contributed by atoms with E-state index in [1.807, 2.05) is 44.2 Å². The molecule has 0 bridgehead atoms. The maximum Gasteiger partial charge on any atom is 0.237 e. The number of nitrogens with two attached hydrogens (primary N) is 1. The molecular weight excluding hydrogens is 292 g/mol. The maximum absolute atomic E-state index is 12.5. The number of amides is 1. The molecule has 1 aliphatic rings. The first-order chi connectivity index (χ1) is 10.8. The predicted octanol–water partition coefficient (Wildman–Crippen LogP) is 1.45. The van der Waals surface area contributed by atoms with E-state index in [1.54, 1.807) is 6.92 Å². The monoisotopic (exact) mass is 318 g/mol. The summed E-state index contributed by atoms with van der Waals surface area (Å²) < 4.78 is 5.23. The third-order valence-corrected chi connectivity index (χ3v) is 4.07. The number of benzene rings is 1. The van der Waals surface area contributed by atoms with Crippen molar-refractivity contribution in [3.63, 3.8) is 0 Å². The van der Waals surface area contributed by atoms with Crippen LogP contribution in [-0.4, -0.2) is 36.0 Å². The summed E-state index contributed by atoms with van der Waals surface area (Å²) in [6.07, 6.45) is 1.03. The molecule has 126 valence electrons. The van der Waals surface area contributed by atoms with Crippen molar-refractivity contribution in [3.8, 4) is 0 Å². The van der Waals surface area contributed by atoms with Gasteiger partial charge < -0.3 is 15.8 Å². The number of epoxide rings is 1. The maximum atomic E-state index is 12.5. The van der Waals surface area contributed by atoms with Crippen LogP contribution in [0.25, 0.3) is 0 Å². The Morgan fingerprint density at radius 2 is 1.91 bits per heavy atom. The number of carbonyl (C=O) groups excluding carboxylic acids is 2. The van der Waals surface area contributed by atoms with E-state index in [0.29, 0.717) is 19.4 Å². The molecule has 0 saturated carbocycles. The highest BCUT2D eigenvalue weighted by Crippen LogP contribution is 2.29. The normalized spacial score (nSPS) is 22.5. The van der Waals surface area contributed by atoms with Crippen LogP contribution < -0.4 is 11.1 Å². The molecule has 3 atom stereocenters. The Morgan fingerprint density at radius 3 is 2.43 bits per heavy atom. The van der Waals surface area contributed by atoms with Crippen molar-refractivity contribution in [2.45, 2.75) is 51.3 Å². The van der Waals surface area contributed by atoms with Crippen molar-refractivity contribution in [3.05, 3.63) is 35.9 Å². The molecule has 23 heavy (non-hydrogen) atoms. The first-order valence-electron chi connectivity index (χ1n) is 8.10. The van der Waals surface area contributed by atoms with Crippen LogP contribution in [0.15, 0.2) is 30.3 Å². The Hall–Kier alpha value is -1.72. The molecular formula is C18H26N2O3. The van der Waals surface area contributed by atoms with Gasteiger partial charge in [0.2, 0.25) is 5.91 Å². The lowest BCUT2D eigenvalue weighted by atomic mass is 9.93. The summed E-state index contributed by atoms with van der Waals surface area (Å²) in [6, 6.07) is 8.39. The zero-order valence-corrected chi connectivity index (χ0v) is 14.0. The molecule has 1 aromatic carbocycles. The Kier molecular flexibility index (Phi) is 5.55. The van der Waals surface area contributed by atoms with E-state index in [1.165, 1.54) is 0 Å². The van der Waals surface area contributed by atoms with Crippen LogP contribution >= 0.6 is 0 Å². The van der Waals surface area contributed by atoms with Crippen LogP contribution in [0.1, 0.15) is 32.8 Å². The minimum absolute atomic E-state index is 0.0635. The lowest BCUT2D eigenvalue weighted by Crippen LogP contribution is -2.52. The summed E-state index contributed by atoms with van der Waals surface area (Å²) in [5.41, 5.74) is 6.26. The van der Waals surface area contributed by atoms with Gasteiger partial charge in [0.15, 0.2) is 5.78 Å². The molecule has 1 aliphatic heterocycles. The topological polar surface area (TPSA) is 84.7 Å². The van der Waals surface area contributed by atoms with Gasteiger partial charge in [0, 0.05) is 0 Å². The second-order valence-corrected chi connectivity index (χ2v) is 6.87. The standard InChI is InChI=1S/C18H26N2O3/c1-12(2)9-15(16(21)18(3)11-23-18)20-17(22)14(19)10-13-7-5-4-6-8-13/h4-8,12,14-15H,9-11,19H2,1-3H3,(H,20,22)/t14-,15-,18+/m0/s1. The Bertz CT molecular complexity index is 553. The number of ketones is 1. The molecule has 1 aromatic rings. The summed E-state index contributed by atoms with van der Waals surface area (Å²) in [7, 11) is 0. The van der Waals surface area contributed by atoms with Gasteiger partial charge in [0.25, 0.3) is 0 Å². The van der Waals surface area contributed by atoms with Crippen molar-refractivity contribution >= 4 is 11.7 Å². The van der Waals surface area contributed by atoms with E-state index >= 15 is 0 Å². The highest BCUT2D eigenvalue weighted by Gasteiger charge is 2.50. The Morgan fingerprint density at radius 1 is 1.30 bits per heavy atom. The van der Waals surface area contributed by atoms with E-state index in [9.17, 15) is 9.59 Å². The van der Waals surface area contributed by atoms with Crippen LogP contribution in [0.2, 0.25) is 0 Å². The number of hydrogen-bond acceptors (Lipinski definition) is 4. The first-order valence-corrected chi connectivity index (χ1v) is 8.10. The van der Waals surface area contributed by atoms with Crippen molar-refractivity contribution in [1.82, 2.24) is 5.32 Å². The molecule has 1 fully saturated rings. The Labute approximate surface area is 137 Å². The number of rotatable bonds is 8. The predicted molar refractivity (Wildman–Crippen MR) is 88.9 cm³/mol. The summed E-state index contributed by atoms with van der Waals surface area (Å²) in [4.78, 5) is 24.9. The van der Waals surface area contributed by atoms with Gasteiger partial charge in [0.05, 0.1) is 18.7 Å². The van der Waals surface area contributed by atoms with Crippen LogP contribution in [0.4, 0.5) is 0 Å². The number of ether oxygens (including phenoxy) is 1. The molecule has 0 aromatic heterocycles. The zero-order chi connectivity index (χ0) is 17.0. The zero-order valence-electron chi connectivity index (χ0n) is 14.0. The van der Waals surface area contributed by atoms with E-state index in [4.69, 9.17) is 10.5 Å². The lowest BCUT2D eigenvalue weighted by Gasteiger charge is -2.23. The molecule has 1 amide bonds. The molecule has 0 spiro atoms. The van der Waals surface area contributed by atoms with Crippen molar-refractivity contribution in [1.29, 1.82) is 0 Å². The third-order valence-electron chi connectivity index (χ3n) is 4.07. The van der Waals surface area contributed by atoms with E-state index in [0.717, 1.165) is 5.56 Å². The molecule has 5 nitrogen and oxygen atoms in total. The number of carbonyl (C=O) groups is 2. The van der Waals surface area contributed by atoms with Crippen molar-refractivity contribution in [2.24, 2.45) is 11.7 Å². The third kappa shape index (κ3) is 4.88. The summed E-state index contributed by atoms with van der Waals surface area (Å²) in [6.45, 7) is 6.23. The SMILES string of the molecule is CC(C)C[C@H](NC(=O)[C@@H](N)Cc1ccccc1)C(=O)[C@@]1(C)CO1. The van der Waals surface area contributed by atoms with Crippen molar-refractivity contribution < 1.29 is 14.3 Å². The summed E-state index contributed by atoms with van der Waals surface area (Å²) >= 11 is 0. The van der Waals surface area contributed by atoms with Gasteiger partial charge >= 0.3 is 0 Å². The minimum atomic E-state index is -0.740. The fraction of sp³-hybridized carbons (Fsp3) is 0.556. The van der Waals surface area contributed by atoms with E-state index in [-0.39, 0.29) is 17.6 Å². The van der Waals surface area contributed by atoms with Gasteiger partial charge in [-0.3, -0.25) is 9.59 Å². The molecule has 0 aliphatic carbocycles. The Balaban J connectivity index is 1.97. The van der Waals surface area contributed by atoms with E-state index in [2.05, 4.69) is 5.32 Å². The highest BCUT2D eigenvalue weighted by molar-refractivity contribution is 5.97. The van der Waals surface area contributed by atoms with Crippen molar-refractivity contribution in [2.75, 3.05) is 6.61 Å². The van der Waals surface area contributed by atoms with Gasteiger partial charge in [0.1, 0.15) is 5.60 Å². The molecule has 0 radical (unpaired) electrons. The average molecular weight is 318 g/mol. The molecule has 3 N–H and O–H groups in total. The quantitative estimate of drug-likeness (QED) is 0.710. The molecule has 0 unspecified atom stereocenters. The van der Waals surface area contributed by atoms with Crippen LogP contribution in [0.5, 0.6) is 0 Å². The van der Waals surface area contributed by atoms with Gasteiger partial charge in [-0.2, -0.15) is 0 Å². The smallest absolute Gasteiger partial charge is 0.237 e. The lowest BCUT2D eigenvalue weighted by molar-refractivity contribution is -0.131. The molecule has 5 heteroatoms. The molecule has 2 rings (SSSR count). The van der Waals surface area contributed by atoms with Gasteiger partial charge in [-0.25, -0.2) is 0 Å².